The van der Waals surface area contributed by atoms with E-state index in [1.54, 1.807) is 7.05 Å². The zero-order valence-corrected chi connectivity index (χ0v) is 16.4. The van der Waals surface area contributed by atoms with Gasteiger partial charge in [-0.3, -0.25) is 4.79 Å². The Hall–Kier alpha value is -2.14. The van der Waals surface area contributed by atoms with Gasteiger partial charge in [-0.15, -0.1) is 0 Å². The van der Waals surface area contributed by atoms with Crippen LogP contribution in [0.25, 0.3) is 0 Å². The second kappa shape index (κ2) is 7.03. The van der Waals surface area contributed by atoms with Crippen LogP contribution in [0.3, 0.4) is 0 Å². The minimum Gasteiger partial charge on any atom is -0.489 e. The second-order valence-electron chi connectivity index (χ2n) is 6.82. The maximum absolute atomic E-state index is 13.3. The summed E-state index contributed by atoms with van der Waals surface area (Å²) in [6, 6.07) is 3.50. The standard InChI is InChI=1S/C17H18ClFN4O4S/c1-23-7-14-16(27-8-9-5-20-6-13(9)22-28(14,25)26)15(23)17(24)21-10-2-3-12(19)11(18)4-10/h2-4,7,9,13,20,22H,5-6,8H2,1H3,(H,21,24)/t9-,13-/m0/s1. The van der Waals surface area contributed by atoms with Gasteiger partial charge in [-0.2, -0.15) is 0 Å². The molecule has 1 amide bonds. The van der Waals surface area contributed by atoms with Crippen LogP contribution in [-0.2, 0) is 17.1 Å². The number of sulfonamides is 1. The Kier molecular flexibility index (Phi) is 4.82. The lowest BCUT2D eigenvalue weighted by Gasteiger charge is -2.24. The van der Waals surface area contributed by atoms with Crippen LogP contribution < -0.4 is 20.1 Å². The Labute approximate surface area is 166 Å². The summed E-state index contributed by atoms with van der Waals surface area (Å²) in [6.07, 6.45) is 1.34. The molecule has 2 aliphatic heterocycles. The molecule has 0 bridgehead atoms. The van der Waals surface area contributed by atoms with Crippen molar-refractivity contribution in [2.75, 3.05) is 25.0 Å². The van der Waals surface area contributed by atoms with Gasteiger partial charge in [0.1, 0.15) is 10.7 Å². The van der Waals surface area contributed by atoms with E-state index in [9.17, 15) is 17.6 Å². The summed E-state index contributed by atoms with van der Waals surface area (Å²) in [6.45, 7) is 1.40. The first-order valence-electron chi connectivity index (χ1n) is 8.58. The molecule has 2 aliphatic rings. The molecule has 2 aromatic rings. The number of nitrogens with one attached hydrogen (secondary N) is 3. The quantitative estimate of drug-likeness (QED) is 0.670. The Bertz CT molecular complexity index is 1060. The van der Waals surface area contributed by atoms with E-state index in [0.717, 1.165) is 6.07 Å². The maximum Gasteiger partial charge on any atom is 0.276 e. The molecule has 1 fully saturated rings. The average Bonchev–Trinajstić information content (AvgIpc) is 3.18. The van der Waals surface area contributed by atoms with Gasteiger partial charge in [-0.05, 0) is 18.2 Å². The molecule has 4 rings (SSSR count). The summed E-state index contributed by atoms with van der Waals surface area (Å²) in [4.78, 5) is 12.7. The third-order valence-electron chi connectivity index (χ3n) is 4.87. The molecule has 0 saturated carbocycles. The monoisotopic (exact) mass is 428 g/mol. The van der Waals surface area contributed by atoms with Crippen LogP contribution in [0.1, 0.15) is 10.5 Å². The summed E-state index contributed by atoms with van der Waals surface area (Å²) in [5, 5.41) is 5.59. The number of hydrogen-bond donors (Lipinski definition) is 3. The molecule has 150 valence electrons. The van der Waals surface area contributed by atoms with E-state index in [2.05, 4.69) is 15.4 Å². The first kappa shape index (κ1) is 19.2. The number of nitrogens with zero attached hydrogens (tertiary/aromatic N) is 1. The Morgan fingerprint density at radius 2 is 2.18 bits per heavy atom. The van der Waals surface area contributed by atoms with E-state index in [1.165, 1.54) is 22.9 Å². The molecule has 1 aromatic carbocycles. The maximum atomic E-state index is 13.3. The fourth-order valence-electron chi connectivity index (χ4n) is 3.43. The van der Waals surface area contributed by atoms with Gasteiger partial charge in [0, 0.05) is 44.0 Å². The summed E-state index contributed by atoms with van der Waals surface area (Å²) in [5.74, 6) is -1.26. The summed E-state index contributed by atoms with van der Waals surface area (Å²) < 4.78 is 48.8. The second-order valence-corrected chi connectivity index (χ2v) is 8.91. The number of hydrogen-bond acceptors (Lipinski definition) is 5. The first-order chi connectivity index (χ1) is 13.3. The van der Waals surface area contributed by atoms with Crippen molar-refractivity contribution in [3.8, 4) is 5.75 Å². The number of fused-ring (bicyclic) bond motifs is 2. The molecule has 8 nitrogen and oxygen atoms in total. The summed E-state index contributed by atoms with van der Waals surface area (Å²) in [5.41, 5.74) is 0.323. The number of aryl methyl sites for hydroxylation is 1. The molecule has 1 aromatic heterocycles. The van der Waals surface area contributed by atoms with Crippen molar-refractivity contribution in [3.63, 3.8) is 0 Å². The highest BCUT2D eigenvalue weighted by atomic mass is 35.5. The third-order valence-corrected chi connectivity index (χ3v) is 6.65. The van der Waals surface area contributed by atoms with Gasteiger partial charge in [-0.25, -0.2) is 17.5 Å². The molecule has 28 heavy (non-hydrogen) atoms. The molecular formula is C17H18ClFN4O4S. The van der Waals surface area contributed by atoms with Gasteiger partial charge >= 0.3 is 0 Å². The van der Waals surface area contributed by atoms with E-state index >= 15 is 0 Å². The zero-order chi connectivity index (χ0) is 20.1. The number of carbonyl (C=O) groups excluding carboxylic acids is 1. The minimum atomic E-state index is -3.86. The van der Waals surface area contributed by atoms with Crippen molar-refractivity contribution in [2.45, 2.75) is 10.9 Å². The SMILES string of the molecule is Cn1cc2c(c1C(=O)Nc1ccc(F)c(Cl)c1)OC[C@@H]1CNC[C@@H]1NS2(=O)=O. The molecule has 0 unspecified atom stereocenters. The predicted octanol–water partition coefficient (Wildman–Crippen LogP) is 1.33. The molecule has 11 heteroatoms. The van der Waals surface area contributed by atoms with Crippen molar-refractivity contribution in [3.05, 3.63) is 40.9 Å². The predicted molar refractivity (Wildman–Crippen MR) is 101 cm³/mol. The van der Waals surface area contributed by atoms with Crippen LogP contribution in [0.2, 0.25) is 5.02 Å². The van der Waals surface area contributed by atoms with Crippen molar-refractivity contribution >= 4 is 33.2 Å². The van der Waals surface area contributed by atoms with Crippen molar-refractivity contribution < 1.29 is 22.3 Å². The smallest absolute Gasteiger partial charge is 0.276 e. The van der Waals surface area contributed by atoms with E-state index in [1.807, 2.05) is 0 Å². The summed E-state index contributed by atoms with van der Waals surface area (Å²) in [7, 11) is -2.31. The molecule has 0 radical (unpaired) electrons. The van der Waals surface area contributed by atoms with Crippen LogP contribution >= 0.6 is 11.6 Å². The zero-order valence-electron chi connectivity index (χ0n) is 14.8. The number of aromatic nitrogens is 1. The van der Waals surface area contributed by atoms with Crippen molar-refractivity contribution in [1.82, 2.24) is 14.6 Å². The molecule has 0 aliphatic carbocycles. The number of amides is 1. The lowest BCUT2D eigenvalue weighted by atomic mass is 10.1. The molecule has 2 atom stereocenters. The molecular weight excluding hydrogens is 411 g/mol. The first-order valence-corrected chi connectivity index (χ1v) is 10.4. The number of benzene rings is 1. The highest BCUT2D eigenvalue weighted by Gasteiger charge is 2.38. The van der Waals surface area contributed by atoms with E-state index in [0.29, 0.717) is 13.1 Å². The number of halogens is 2. The lowest BCUT2D eigenvalue weighted by molar-refractivity contribution is 0.101. The van der Waals surface area contributed by atoms with E-state index in [4.69, 9.17) is 16.3 Å². The Morgan fingerprint density at radius 1 is 1.39 bits per heavy atom. The van der Waals surface area contributed by atoms with Gasteiger partial charge in [-0.1, -0.05) is 11.6 Å². The fraction of sp³-hybridized carbons (Fsp3) is 0.353. The van der Waals surface area contributed by atoms with Crippen molar-refractivity contribution in [2.24, 2.45) is 13.0 Å². The Morgan fingerprint density at radius 3 is 2.93 bits per heavy atom. The van der Waals surface area contributed by atoms with Gasteiger partial charge in [0.2, 0.25) is 10.0 Å². The van der Waals surface area contributed by atoms with Crippen LogP contribution in [0, 0.1) is 11.7 Å². The fourth-order valence-corrected chi connectivity index (χ4v) is 5.11. The molecule has 1 saturated heterocycles. The van der Waals surface area contributed by atoms with Crippen LogP contribution in [0.4, 0.5) is 10.1 Å². The van der Waals surface area contributed by atoms with Gasteiger partial charge in [0.25, 0.3) is 5.91 Å². The van der Waals surface area contributed by atoms with Crippen molar-refractivity contribution in [1.29, 1.82) is 0 Å². The number of ether oxygens (including phenoxy) is 1. The molecule has 3 N–H and O–H groups in total. The minimum absolute atomic E-state index is 0.00828. The number of carbonyl (C=O) groups is 1. The average molecular weight is 429 g/mol. The normalized spacial score (nSPS) is 23.1. The third kappa shape index (κ3) is 3.37. The number of anilines is 1. The number of rotatable bonds is 2. The molecule has 0 spiro atoms. The molecule has 3 heterocycles. The van der Waals surface area contributed by atoms with Gasteiger partial charge < -0.3 is 19.9 Å². The summed E-state index contributed by atoms with van der Waals surface area (Å²) >= 11 is 5.75. The topological polar surface area (TPSA) is 101 Å². The lowest BCUT2D eigenvalue weighted by Crippen LogP contribution is -2.43. The Balaban J connectivity index is 1.70. The van der Waals surface area contributed by atoms with Crippen LogP contribution in [0.15, 0.2) is 29.3 Å². The van der Waals surface area contributed by atoms with Crippen LogP contribution in [-0.4, -0.2) is 44.6 Å². The van der Waals surface area contributed by atoms with E-state index < -0.39 is 21.7 Å². The highest BCUT2D eigenvalue weighted by molar-refractivity contribution is 7.89. The van der Waals surface area contributed by atoms with E-state index in [-0.39, 0.29) is 45.6 Å². The highest BCUT2D eigenvalue weighted by Crippen LogP contribution is 2.34. The van der Waals surface area contributed by atoms with Gasteiger partial charge in [0.05, 0.1) is 11.6 Å². The largest absolute Gasteiger partial charge is 0.489 e. The van der Waals surface area contributed by atoms with Crippen LogP contribution in [0.5, 0.6) is 5.75 Å². The van der Waals surface area contributed by atoms with Gasteiger partial charge in [0.15, 0.2) is 11.4 Å².